The van der Waals surface area contributed by atoms with E-state index in [1.807, 2.05) is 30.5 Å². The number of methoxy groups -OCH3 is 1. The number of benzene rings is 2. The minimum absolute atomic E-state index is 0.217. The molecule has 2 nitrogen and oxygen atoms in total. The molecule has 21 heavy (non-hydrogen) atoms. The molecule has 0 aliphatic rings. The molecule has 0 atom stereocenters. The lowest BCUT2D eigenvalue weighted by atomic mass is 10.1. The quantitative estimate of drug-likeness (QED) is 0.463. The molecule has 0 heterocycles. The second-order valence-electron chi connectivity index (χ2n) is 4.32. The van der Waals surface area contributed by atoms with Crippen molar-refractivity contribution >= 4 is 23.6 Å². The summed E-state index contributed by atoms with van der Waals surface area (Å²) in [4.78, 5) is 13.3. The third kappa shape index (κ3) is 3.95. The van der Waals surface area contributed by atoms with Gasteiger partial charge in [-0.1, -0.05) is 18.2 Å². The van der Waals surface area contributed by atoms with E-state index < -0.39 is 5.82 Å². The number of rotatable bonds is 5. The Balaban J connectivity index is 2.20. The number of allylic oxidation sites excluding steroid dienone is 1. The lowest BCUT2D eigenvalue weighted by molar-refractivity contribution is 0.104. The second-order valence-corrected chi connectivity index (χ2v) is 5.20. The van der Waals surface area contributed by atoms with E-state index in [2.05, 4.69) is 0 Å². The van der Waals surface area contributed by atoms with Crippen molar-refractivity contribution in [3.8, 4) is 5.75 Å². The van der Waals surface area contributed by atoms with Crippen molar-refractivity contribution in [2.75, 3.05) is 13.4 Å². The molecule has 2 rings (SSSR count). The van der Waals surface area contributed by atoms with Gasteiger partial charge in [0.1, 0.15) is 11.6 Å². The van der Waals surface area contributed by atoms with Crippen LogP contribution in [0.5, 0.6) is 5.75 Å². The summed E-state index contributed by atoms with van der Waals surface area (Å²) in [7, 11) is 1.45. The van der Waals surface area contributed by atoms with Crippen LogP contribution in [-0.2, 0) is 0 Å². The maximum absolute atomic E-state index is 13.3. The molecule has 0 radical (unpaired) electrons. The van der Waals surface area contributed by atoms with Crippen LogP contribution in [0.2, 0.25) is 0 Å². The molecular weight excluding hydrogens is 287 g/mol. The fraction of sp³-hybridized carbons (Fsp3) is 0.118. The van der Waals surface area contributed by atoms with Crippen molar-refractivity contribution in [3.05, 3.63) is 65.5 Å². The Hall–Kier alpha value is -2.07. The first-order valence-electron chi connectivity index (χ1n) is 6.34. The highest BCUT2D eigenvalue weighted by Gasteiger charge is 2.10. The summed E-state index contributed by atoms with van der Waals surface area (Å²) in [5.41, 5.74) is 1.13. The first-order chi connectivity index (χ1) is 10.1. The standard InChI is InChI=1S/C17H15FO2S/c1-20-17-10-6-13(18)11-15(17)16(19)9-5-12-3-7-14(21-2)8-4-12/h3-11H,1-2H3. The second kappa shape index (κ2) is 7.09. The van der Waals surface area contributed by atoms with E-state index in [1.165, 1.54) is 31.4 Å². The minimum atomic E-state index is -0.461. The predicted octanol–water partition coefficient (Wildman–Crippen LogP) is 4.45. The average molecular weight is 302 g/mol. The number of hydrogen-bond acceptors (Lipinski definition) is 3. The maximum Gasteiger partial charge on any atom is 0.189 e. The molecule has 0 aromatic heterocycles. The van der Waals surface area contributed by atoms with Crippen LogP contribution in [0, 0.1) is 5.82 Å². The first kappa shape index (κ1) is 15.3. The number of carbonyl (C=O) groups excluding carboxylic acids is 1. The zero-order chi connectivity index (χ0) is 15.2. The summed E-state index contributed by atoms with van der Waals surface area (Å²) >= 11 is 1.66. The molecule has 0 amide bonds. The molecule has 0 N–H and O–H groups in total. The Morgan fingerprint density at radius 3 is 2.52 bits per heavy atom. The Kier molecular flexibility index (Phi) is 5.17. The molecule has 0 fully saturated rings. The van der Waals surface area contributed by atoms with Crippen LogP contribution in [0.25, 0.3) is 6.08 Å². The van der Waals surface area contributed by atoms with Crippen LogP contribution >= 0.6 is 11.8 Å². The van der Waals surface area contributed by atoms with Gasteiger partial charge in [0.05, 0.1) is 12.7 Å². The molecular formula is C17H15FO2S. The van der Waals surface area contributed by atoms with Crippen molar-refractivity contribution in [2.45, 2.75) is 4.90 Å². The van der Waals surface area contributed by atoms with E-state index in [4.69, 9.17) is 4.74 Å². The van der Waals surface area contributed by atoms with Gasteiger partial charge >= 0.3 is 0 Å². The monoisotopic (exact) mass is 302 g/mol. The smallest absolute Gasteiger partial charge is 0.189 e. The molecule has 0 saturated carbocycles. The third-order valence-corrected chi connectivity index (χ3v) is 3.71. The van der Waals surface area contributed by atoms with Crippen LogP contribution in [0.3, 0.4) is 0 Å². The summed E-state index contributed by atoms with van der Waals surface area (Å²) < 4.78 is 18.3. The van der Waals surface area contributed by atoms with E-state index in [9.17, 15) is 9.18 Å². The summed E-state index contributed by atoms with van der Waals surface area (Å²) in [5, 5.41) is 0. The molecule has 0 spiro atoms. The molecule has 2 aromatic carbocycles. The van der Waals surface area contributed by atoms with Gasteiger partial charge in [-0.05, 0) is 48.2 Å². The fourth-order valence-electron chi connectivity index (χ4n) is 1.85. The summed E-state index contributed by atoms with van der Waals surface area (Å²) in [6, 6.07) is 11.7. The Morgan fingerprint density at radius 1 is 1.19 bits per heavy atom. The van der Waals surface area contributed by atoms with Gasteiger partial charge in [-0.15, -0.1) is 11.8 Å². The van der Waals surface area contributed by atoms with E-state index in [0.29, 0.717) is 5.75 Å². The van der Waals surface area contributed by atoms with Gasteiger partial charge in [-0.25, -0.2) is 4.39 Å². The lowest BCUT2D eigenvalue weighted by Crippen LogP contribution is -1.99. The van der Waals surface area contributed by atoms with Crippen LogP contribution in [-0.4, -0.2) is 19.1 Å². The summed E-state index contributed by atoms with van der Waals surface area (Å²) in [6.45, 7) is 0. The Bertz CT molecular complexity index is 663. The number of thioether (sulfide) groups is 1. The van der Waals surface area contributed by atoms with Gasteiger partial charge in [0.25, 0.3) is 0 Å². The maximum atomic E-state index is 13.3. The Morgan fingerprint density at radius 2 is 1.90 bits per heavy atom. The molecule has 0 unspecified atom stereocenters. The average Bonchev–Trinajstić information content (AvgIpc) is 2.53. The SMILES string of the molecule is COc1ccc(F)cc1C(=O)C=Cc1ccc(SC)cc1. The third-order valence-electron chi connectivity index (χ3n) is 2.97. The van der Waals surface area contributed by atoms with Crippen molar-refractivity contribution in [1.29, 1.82) is 0 Å². The van der Waals surface area contributed by atoms with Crippen LogP contribution in [0.1, 0.15) is 15.9 Å². The minimum Gasteiger partial charge on any atom is -0.496 e. The summed E-state index contributed by atoms with van der Waals surface area (Å²) in [5.74, 6) is -0.388. The number of carbonyl (C=O) groups is 1. The zero-order valence-electron chi connectivity index (χ0n) is 11.8. The van der Waals surface area contributed by atoms with Crippen molar-refractivity contribution in [2.24, 2.45) is 0 Å². The summed E-state index contributed by atoms with van der Waals surface area (Å²) in [6.07, 6.45) is 5.13. The number of ketones is 1. The fourth-order valence-corrected chi connectivity index (χ4v) is 2.26. The molecule has 0 saturated heterocycles. The van der Waals surface area contributed by atoms with E-state index in [1.54, 1.807) is 17.8 Å². The van der Waals surface area contributed by atoms with Crippen LogP contribution < -0.4 is 4.74 Å². The number of halogens is 1. The first-order valence-corrected chi connectivity index (χ1v) is 7.56. The number of hydrogen-bond donors (Lipinski definition) is 0. The normalized spacial score (nSPS) is 10.8. The molecule has 0 aliphatic heterocycles. The highest BCUT2D eigenvalue weighted by Crippen LogP contribution is 2.21. The lowest BCUT2D eigenvalue weighted by Gasteiger charge is -2.05. The van der Waals surface area contributed by atoms with Gasteiger partial charge in [0.15, 0.2) is 5.78 Å². The molecule has 4 heteroatoms. The largest absolute Gasteiger partial charge is 0.496 e. The molecule has 0 bridgehead atoms. The molecule has 108 valence electrons. The van der Waals surface area contributed by atoms with Gasteiger partial charge in [-0.2, -0.15) is 0 Å². The van der Waals surface area contributed by atoms with E-state index >= 15 is 0 Å². The number of ether oxygens (including phenoxy) is 1. The van der Waals surface area contributed by atoms with Crippen molar-refractivity contribution in [3.63, 3.8) is 0 Å². The van der Waals surface area contributed by atoms with Crippen molar-refractivity contribution < 1.29 is 13.9 Å². The van der Waals surface area contributed by atoms with Crippen LogP contribution in [0.15, 0.2) is 53.4 Å². The van der Waals surface area contributed by atoms with Gasteiger partial charge in [-0.3, -0.25) is 4.79 Å². The molecule has 2 aromatic rings. The van der Waals surface area contributed by atoms with E-state index in [-0.39, 0.29) is 11.3 Å². The highest BCUT2D eigenvalue weighted by molar-refractivity contribution is 7.98. The van der Waals surface area contributed by atoms with E-state index in [0.717, 1.165) is 10.5 Å². The molecule has 0 aliphatic carbocycles. The van der Waals surface area contributed by atoms with Gasteiger partial charge in [0.2, 0.25) is 0 Å². The Labute approximate surface area is 127 Å². The van der Waals surface area contributed by atoms with Gasteiger partial charge < -0.3 is 4.74 Å². The van der Waals surface area contributed by atoms with Crippen LogP contribution in [0.4, 0.5) is 4.39 Å². The predicted molar refractivity (Wildman–Crippen MR) is 84.5 cm³/mol. The van der Waals surface area contributed by atoms with Crippen molar-refractivity contribution in [1.82, 2.24) is 0 Å². The highest BCUT2D eigenvalue weighted by atomic mass is 32.2. The van der Waals surface area contributed by atoms with Gasteiger partial charge in [0, 0.05) is 4.90 Å². The topological polar surface area (TPSA) is 26.3 Å². The zero-order valence-corrected chi connectivity index (χ0v) is 12.6.